The molecule has 4 nitrogen and oxygen atoms in total. The van der Waals surface area contributed by atoms with Gasteiger partial charge in [0.1, 0.15) is 6.33 Å². The third-order valence-electron chi connectivity index (χ3n) is 3.43. The summed E-state index contributed by atoms with van der Waals surface area (Å²) in [5.74, 6) is 0.914. The summed E-state index contributed by atoms with van der Waals surface area (Å²) in [6.45, 7) is 3.07. The molecule has 3 aromatic rings. The molecule has 1 heterocycles. The van der Waals surface area contributed by atoms with Crippen molar-refractivity contribution in [2.24, 2.45) is 0 Å². The maximum absolute atomic E-state index is 4.17. The Kier molecular flexibility index (Phi) is 4.52. The Balaban J connectivity index is 1.88. The van der Waals surface area contributed by atoms with Crippen molar-refractivity contribution in [2.45, 2.75) is 18.1 Å². The number of fused-ring (bicyclic) bond motifs is 1. The van der Waals surface area contributed by atoms with Crippen molar-refractivity contribution in [3.63, 3.8) is 0 Å². The van der Waals surface area contributed by atoms with Gasteiger partial charge in [0.05, 0.1) is 0 Å². The fourth-order valence-electron chi connectivity index (χ4n) is 2.49. The molecule has 2 N–H and O–H groups in total. The van der Waals surface area contributed by atoms with Crippen molar-refractivity contribution in [2.75, 3.05) is 12.3 Å². The molecule has 0 spiro atoms. The molecule has 1 atom stereocenters. The van der Waals surface area contributed by atoms with Crippen molar-refractivity contribution in [1.29, 1.82) is 0 Å². The van der Waals surface area contributed by atoms with Gasteiger partial charge in [0.15, 0.2) is 5.16 Å². The molecule has 21 heavy (non-hydrogen) atoms. The number of nitrogens with one attached hydrogen (secondary N) is 2. The summed E-state index contributed by atoms with van der Waals surface area (Å²) >= 11 is 1.69. The smallest absolute Gasteiger partial charge is 0.183 e. The minimum Gasteiger partial charge on any atom is -0.309 e. The van der Waals surface area contributed by atoms with Crippen LogP contribution in [0.15, 0.2) is 53.9 Å². The Morgan fingerprint density at radius 1 is 1.19 bits per heavy atom. The average molecular weight is 298 g/mol. The molecule has 1 aromatic heterocycles. The van der Waals surface area contributed by atoms with Gasteiger partial charge in [-0.3, -0.25) is 5.10 Å². The van der Waals surface area contributed by atoms with Gasteiger partial charge in [-0.05, 0) is 22.9 Å². The normalized spacial score (nSPS) is 12.6. The molecule has 0 saturated carbocycles. The van der Waals surface area contributed by atoms with Crippen LogP contribution < -0.4 is 5.32 Å². The van der Waals surface area contributed by atoms with Crippen molar-refractivity contribution in [1.82, 2.24) is 20.5 Å². The zero-order chi connectivity index (χ0) is 14.5. The van der Waals surface area contributed by atoms with Gasteiger partial charge in [0, 0.05) is 11.8 Å². The summed E-state index contributed by atoms with van der Waals surface area (Å²) in [5, 5.41) is 13.8. The van der Waals surface area contributed by atoms with Crippen molar-refractivity contribution in [3.8, 4) is 0 Å². The van der Waals surface area contributed by atoms with Gasteiger partial charge in [0.25, 0.3) is 0 Å². The maximum Gasteiger partial charge on any atom is 0.183 e. The lowest BCUT2D eigenvalue weighted by molar-refractivity contribution is 0.609. The quantitative estimate of drug-likeness (QED) is 0.685. The van der Waals surface area contributed by atoms with E-state index in [2.05, 4.69) is 69.9 Å². The molecule has 0 saturated heterocycles. The topological polar surface area (TPSA) is 53.6 Å². The molecular formula is C16H18N4S. The Hall–Kier alpha value is -1.85. The molecular weight excluding hydrogens is 280 g/mol. The van der Waals surface area contributed by atoms with E-state index in [1.807, 2.05) is 0 Å². The zero-order valence-electron chi connectivity index (χ0n) is 11.9. The van der Waals surface area contributed by atoms with E-state index in [-0.39, 0.29) is 6.04 Å². The van der Waals surface area contributed by atoms with E-state index < -0.39 is 0 Å². The highest BCUT2D eigenvalue weighted by molar-refractivity contribution is 7.99. The highest BCUT2D eigenvalue weighted by atomic mass is 32.2. The summed E-state index contributed by atoms with van der Waals surface area (Å²) in [4.78, 5) is 4.17. The Morgan fingerprint density at radius 2 is 2.05 bits per heavy atom. The van der Waals surface area contributed by atoms with Crippen LogP contribution in [0.2, 0.25) is 0 Å². The van der Waals surface area contributed by atoms with Crippen LogP contribution in [0.3, 0.4) is 0 Å². The first kappa shape index (κ1) is 14.1. The third kappa shape index (κ3) is 3.25. The SMILES string of the molecule is CCNC(CSc1ncn[nH]1)c1cccc2ccccc12. The number of hydrogen-bond acceptors (Lipinski definition) is 4. The second-order valence-electron chi connectivity index (χ2n) is 4.78. The fourth-order valence-corrected chi connectivity index (χ4v) is 3.35. The molecule has 3 rings (SSSR count). The first-order valence-electron chi connectivity index (χ1n) is 7.07. The van der Waals surface area contributed by atoms with E-state index in [4.69, 9.17) is 0 Å². The molecule has 0 bridgehead atoms. The van der Waals surface area contributed by atoms with Crippen molar-refractivity contribution in [3.05, 3.63) is 54.4 Å². The Bertz CT molecular complexity index is 691. The largest absolute Gasteiger partial charge is 0.309 e. The summed E-state index contributed by atoms with van der Waals surface area (Å²) in [7, 11) is 0. The van der Waals surface area contributed by atoms with Crippen LogP contribution in [0.25, 0.3) is 10.8 Å². The van der Waals surface area contributed by atoms with Crippen LogP contribution in [0, 0.1) is 0 Å². The van der Waals surface area contributed by atoms with Crippen molar-refractivity contribution >= 4 is 22.5 Å². The van der Waals surface area contributed by atoms with Crippen LogP contribution in [-0.4, -0.2) is 27.5 Å². The number of aromatic amines is 1. The first-order chi connectivity index (χ1) is 10.4. The number of nitrogens with zero attached hydrogens (tertiary/aromatic N) is 2. The van der Waals surface area contributed by atoms with Gasteiger partial charge in [0.2, 0.25) is 0 Å². The molecule has 0 amide bonds. The van der Waals surface area contributed by atoms with E-state index in [0.29, 0.717) is 0 Å². The maximum atomic E-state index is 4.17. The number of thioether (sulfide) groups is 1. The van der Waals surface area contributed by atoms with Gasteiger partial charge in [-0.1, -0.05) is 61.2 Å². The van der Waals surface area contributed by atoms with Crippen LogP contribution in [-0.2, 0) is 0 Å². The predicted octanol–water partition coefficient (Wildman–Crippen LogP) is 3.40. The molecule has 108 valence electrons. The van der Waals surface area contributed by atoms with Gasteiger partial charge < -0.3 is 5.32 Å². The van der Waals surface area contributed by atoms with E-state index >= 15 is 0 Å². The summed E-state index contributed by atoms with van der Waals surface area (Å²) in [5.41, 5.74) is 1.34. The molecule has 2 aromatic carbocycles. The summed E-state index contributed by atoms with van der Waals surface area (Å²) in [6.07, 6.45) is 1.54. The van der Waals surface area contributed by atoms with Gasteiger partial charge in [-0.25, -0.2) is 4.98 Å². The van der Waals surface area contributed by atoms with E-state index in [9.17, 15) is 0 Å². The average Bonchev–Trinajstić information content (AvgIpc) is 3.04. The number of hydrogen-bond donors (Lipinski definition) is 2. The van der Waals surface area contributed by atoms with Gasteiger partial charge in [-0.2, -0.15) is 5.10 Å². The third-order valence-corrected chi connectivity index (χ3v) is 4.40. The van der Waals surface area contributed by atoms with Crippen molar-refractivity contribution < 1.29 is 0 Å². The minimum absolute atomic E-state index is 0.288. The minimum atomic E-state index is 0.288. The molecule has 0 aliphatic carbocycles. The number of H-pyrrole nitrogens is 1. The fraction of sp³-hybridized carbons (Fsp3) is 0.250. The lowest BCUT2D eigenvalue weighted by Gasteiger charge is -2.19. The Labute approximate surface area is 128 Å². The summed E-state index contributed by atoms with van der Waals surface area (Å²) in [6, 6.07) is 15.3. The predicted molar refractivity (Wildman–Crippen MR) is 87.5 cm³/mol. The van der Waals surface area contributed by atoms with Crippen LogP contribution in [0.5, 0.6) is 0 Å². The first-order valence-corrected chi connectivity index (χ1v) is 8.06. The lowest BCUT2D eigenvalue weighted by atomic mass is 9.99. The van der Waals surface area contributed by atoms with E-state index in [1.54, 1.807) is 18.1 Å². The lowest BCUT2D eigenvalue weighted by Crippen LogP contribution is -2.23. The highest BCUT2D eigenvalue weighted by Gasteiger charge is 2.14. The van der Waals surface area contributed by atoms with E-state index in [0.717, 1.165) is 17.5 Å². The molecule has 0 radical (unpaired) electrons. The van der Waals surface area contributed by atoms with Crippen LogP contribution >= 0.6 is 11.8 Å². The molecule has 5 heteroatoms. The highest BCUT2D eigenvalue weighted by Crippen LogP contribution is 2.28. The number of aromatic nitrogens is 3. The Morgan fingerprint density at radius 3 is 2.86 bits per heavy atom. The second kappa shape index (κ2) is 6.74. The molecule has 0 aliphatic heterocycles. The molecule has 1 unspecified atom stereocenters. The monoisotopic (exact) mass is 298 g/mol. The van der Waals surface area contributed by atoms with Gasteiger partial charge >= 0.3 is 0 Å². The zero-order valence-corrected chi connectivity index (χ0v) is 12.7. The molecule has 0 aliphatic rings. The van der Waals surface area contributed by atoms with E-state index in [1.165, 1.54) is 16.3 Å². The van der Waals surface area contributed by atoms with Crippen LogP contribution in [0.1, 0.15) is 18.5 Å². The number of benzene rings is 2. The van der Waals surface area contributed by atoms with Gasteiger partial charge in [-0.15, -0.1) is 0 Å². The number of rotatable bonds is 6. The van der Waals surface area contributed by atoms with Crippen LogP contribution in [0.4, 0.5) is 0 Å². The standard InChI is InChI=1S/C16H18N4S/c1-2-17-15(10-21-16-18-11-19-20-16)14-9-5-7-12-6-3-4-8-13(12)14/h3-9,11,15,17H,2,10H2,1H3,(H,18,19,20). The molecule has 0 fully saturated rings. The summed E-state index contributed by atoms with van der Waals surface area (Å²) < 4.78 is 0. The second-order valence-corrected chi connectivity index (χ2v) is 5.79.